The maximum Gasteiger partial charge on any atom is 0.273 e. The Hall–Kier alpha value is -2.81. The Morgan fingerprint density at radius 2 is 1.89 bits per heavy atom. The van der Waals surface area contributed by atoms with Crippen LogP contribution in [0, 0.1) is 17.6 Å². The maximum atomic E-state index is 14.1. The van der Waals surface area contributed by atoms with Gasteiger partial charge in [0.1, 0.15) is 11.6 Å². The lowest BCUT2D eigenvalue weighted by Gasteiger charge is -2.44. The van der Waals surface area contributed by atoms with E-state index in [0.717, 1.165) is 31.5 Å². The average molecular weight is 489 g/mol. The van der Waals surface area contributed by atoms with Crippen molar-refractivity contribution in [1.29, 1.82) is 0 Å². The number of carbonyl (C=O) groups is 2. The summed E-state index contributed by atoms with van der Waals surface area (Å²) in [6, 6.07) is 4.63. The first-order valence-electron chi connectivity index (χ1n) is 12.5. The van der Waals surface area contributed by atoms with Crippen molar-refractivity contribution in [2.24, 2.45) is 5.92 Å². The van der Waals surface area contributed by atoms with Gasteiger partial charge < -0.3 is 14.7 Å². The molecule has 1 aliphatic heterocycles. The minimum absolute atomic E-state index is 0.0122. The van der Waals surface area contributed by atoms with Gasteiger partial charge in [0, 0.05) is 50.4 Å². The number of benzene rings is 1. The fourth-order valence-electron chi connectivity index (χ4n) is 5.13. The van der Waals surface area contributed by atoms with Crippen molar-refractivity contribution in [3.63, 3.8) is 0 Å². The van der Waals surface area contributed by atoms with Crippen LogP contribution in [0.4, 0.5) is 8.78 Å². The van der Waals surface area contributed by atoms with E-state index in [1.807, 2.05) is 13.8 Å². The number of halogens is 2. The summed E-state index contributed by atoms with van der Waals surface area (Å²) in [5, 5.41) is 6.77. The van der Waals surface area contributed by atoms with E-state index in [2.05, 4.69) is 15.4 Å². The Bertz CT molecular complexity index is 1050. The molecule has 1 aromatic carbocycles. The molecule has 0 bridgehead atoms. The second-order valence-corrected chi connectivity index (χ2v) is 10.0. The topological polar surface area (TPSA) is 78.7 Å². The standard InChI is InChI=1S/C26H34F2N4O3/c1-16(2)31(3)26(34)20-15-32(18-7-5-4-6-8-18)12-11-22(20)29-25(33)23-14-24(35-30-23)19-10-9-17(27)13-21(19)28/h9-10,13-14,16,18,20,22H,4-8,11-12,15H2,1-3H3,(H,29,33). The van der Waals surface area contributed by atoms with E-state index in [0.29, 0.717) is 19.0 Å². The predicted octanol–water partition coefficient (Wildman–Crippen LogP) is 4.24. The first kappa shape index (κ1) is 25.3. The van der Waals surface area contributed by atoms with E-state index in [4.69, 9.17) is 4.52 Å². The van der Waals surface area contributed by atoms with Crippen LogP contribution in [0.5, 0.6) is 0 Å². The molecule has 9 heteroatoms. The first-order valence-corrected chi connectivity index (χ1v) is 12.5. The molecule has 1 saturated carbocycles. The van der Waals surface area contributed by atoms with Crippen molar-refractivity contribution < 1.29 is 22.9 Å². The van der Waals surface area contributed by atoms with Crippen LogP contribution in [-0.2, 0) is 4.79 Å². The van der Waals surface area contributed by atoms with Crippen molar-refractivity contribution in [2.75, 3.05) is 20.1 Å². The molecular formula is C26H34F2N4O3. The van der Waals surface area contributed by atoms with Gasteiger partial charge in [0.05, 0.1) is 11.5 Å². The molecule has 0 spiro atoms. The molecule has 1 aromatic heterocycles. The highest BCUT2D eigenvalue weighted by Gasteiger charge is 2.39. The quantitative estimate of drug-likeness (QED) is 0.658. The van der Waals surface area contributed by atoms with Crippen molar-refractivity contribution in [2.45, 2.75) is 70.5 Å². The maximum absolute atomic E-state index is 14.1. The molecule has 2 unspecified atom stereocenters. The Morgan fingerprint density at radius 3 is 2.57 bits per heavy atom. The number of rotatable bonds is 6. The van der Waals surface area contributed by atoms with Crippen molar-refractivity contribution in [3.8, 4) is 11.3 Å². The highest BCUT2D eigenvalue weighted by molar-refractivity contribution is 5.94. The van der Waals surface area contributed by atoms with Gasteiger partial charge in [0.25, 0.3) is 5.91 Å². The third-order valence-corrected chi connectivity index (χ3v) is 7.43. The van der Waals surface area contributed by atoms with Gasteiger partial charge in [-0.3, -0.25) is 14.5 Å². The van der Waals surface area contributed by atoms with Crippen LogP contribution < -0.4 is 5.32 Å². The summed E-state index contributed by atoms with van der Waals surface area (Å²) in [6.07, 6.45) is 6.66. The van der Waals surface area contributed by atoms with Gasteiger partial charge in [-0.05, 0) is 45.2 Å². The molecule has 190 valence electrons. The zero-order valence-corrected chi connectivity index (χ0v) is 20.6. The number of likely N-dealkylation sites (tertiary alicyclic amines) is 1. The fourth-order valence-corrected chi connectivity index (χ4v) is 5.13. The molecule has 2 heterocycles. The summed E-state index contributed by atoms with van der Waals surface area (Å²) in [5.41, 5.74) is 0.00667. The second kappa shape index (κ2) is 10.8. The van der Waals surface area contributed by atoms with Gasteiger partial charge in [-0.2, -0.15) is 0 Å². The summed E-state index contributed by atoms with van der Waals surface area (Å²) in [6.45, 7) is 5.36. The zero-order chi connectivity index (χ0) is 25.1. The minimum Gasteiger partial charge on any atom is -0.355 e. The summed E-state index contributed by atoms with van der Waals surface area (Å²) in [7, 11) is 1.80. The van der Waals surface area contributed by atoms with Crippen LogP contribution in [-0.4, -0.2) is 65.0 Å². The van der Waals surface area contributed by atoms with Crippen LogP contribution in [0.2, 0.25) is 0 Å². The largest absolute Gasteiger partial charge is 0.355 e. The summed E-state index contributed by atoms with van der Waals surface area (Å²) in [4.78, 5) is 30.6. The van der Waals surface area contributed by atoms with Gasteiger partial charge in [-0.1, -0.05) is 24.4 Å². The molecule has 2 fully saturated rings. The molecule has 1 saturated heterocycles. The number of carbonyl (C=O) groups excluding carboxylic acids is 2. The van der Waals surface area contributed by atoms with E-state index in [-0.39, 0.29) is 40.9 Å². The SMILES string of the molecule is CC(C)N(C)C(=O)C1CN(C2CCCCC2)CCC1NC(=O)c1cc(-c2ccc(F)cc2F)on1. The number of hydrogen-bond acceptors (Lipinski definition) is 5. The molecule has 2 aliphatic rings. The number of nitrogens with zero attached hydrogens (tertiary/aromatic N) is 3. The molecule has 35 heavy (non-hydrogen) atoms. The normalized spacial score (nSPS) is 21.8. The van der Waals surface area contributed by atoms with E-state index in [1.54, 1.807) is 11.9 Å². The third kappa shape index (κ3) is 5.72. The Labute approximate surface area is 204 Å². The lowest BCUT2D eigenvalue weighted by Crippen LogP contribution is -2.58. The number of piperidine rings is 1. The smallest absolute Gasteiger partial charge is 0.273 e. The number of amides is 2. The van der Waals surface area contributed by atoms with Crippen molar-refractivity contribution in [3.05, 3.63) is 41.6 Å². The van der Waals surface area contributed by atoms with E-state index < -0.39 is 17.5 Å². The Morgan fingerprint density at radius 1 is 1.14 bits per heavy atom. The van der Waals surface area contributed by atoms with Gasteiger partial charge in [0.2, 0.25) is 5.91 Å². The fraction of sp³-hybridized carbons (Fsp3) is 0.577. The molecule has 2 amide bonds. The van der Waals surface area contributed by atoms with Crippen LogP contribution >= 0.6 is 0 Å². The van der Waals surface area contributed by atoms with Crippen LogP contribution in [0.3, 0.4) is 0 Å². The van der Waals surface area contributed by atoms with Crippen LogP contribution in [0.15, 0.2) is 28.8 Å². The van der Waals surface area contributed by atoms with Crippen LogP contribution in [0.1, 0.15) is 62.9 Å². The monoisotopic (exact) mass is 488 g/mol. The van der Waals surface area contributed by atoms with Crippen molar-refractivity contribution in [1.82, 2.24) is 20.3 Å². The van der Waals surface area contributed by atoms with Crippen molar-refractivity contribution >= 4 is 11.8 Å². The third-order valence-electron chi connectivity index (χ3n) is 7.43. The molecule has 4 rings (SSSR count). The summed E-state index contributed by atoms with van der Waals surface area (Å²) in [5.74, 6) is -2.31. The second-order valence-electron chi connectivity index (χ2n) is 10.0. The molecule has 2 aromatic rings. The molecule has 1 aliphatic carbocycles. The van der Waals surface area contributed by atoms with Gasteiger partial charge >= 0.3 is 0 Å². The van der Waals surface area contributed by atoms with Crippen LogP contribution in [0.25, 0.3) is 11.3 Å². The average Bonchev–Trinajstić information content (AvgIpc) is 3.34. The highest BCUT2D eigenvalue weighted by Crippen LogP contribution is 2.29. The number of aromatic nitrogens is 1. The number of hydrogen-bond donors (Lipinski definition) is 1. The number of nitrogens with one attached hydrogen (secondary N) is 1. The Balaban J connectivity index is 1.49. The summed E-state index contributed by atoms with van der Waals surface area (Å²) >= 11 is 0. The molecule has 7 nitrogen and oxygen atoms in total. The van der Waals surface area contributed by atoms with Gasteiger partial charge in [0.15, 0.2) is 11.5 Å². The predicted molar refractivity (Wildman–Crippen MR) is 128 cm³/mol. The molecular weight excluding hydrogens is 454 g/mol. The Kier molecular flexibility index (Phi) is 7.84. The van der Waals surface area contributed by atoms with Gasteiger partial charge in [-0.25, -0.2) is 8.78 Å². The minimum atomic E-state index is -0.800. The molecule has 1 N–H and O–H groups in total. The van der Waals surface area contributed by atoms with Gasteiger partial charge in [-0.15, -0.1) is 0 Å². The van der Waals surface area contributed by atoms with E-state index in [9.17, 15) is 18.4 Å². The lowest BCUT2D eigenvalue weighted by molar-refractivity contribution is -0.139. The highest BCUT2D eigenvalue weighted by atomic mass is 19.1. The molecule has 2 atom stereocenters. The lowest BCUT2D eigenvalue weighted by atomic mass is 9.86. The zero-order valence-electron chi connectivity index (χ0n) is 20.6. The first-order chi connectivity index (χ1) is 16.7. The molecule has 0 radical (unpaired) electrons. The van der Waals surface area contributed by atoms with E-state index >= 15 is 0 Å². The summed E-state index contributed by atoms with van der Waals surface area (Å²) < 4.78 is 32.5. The van der Waals surface area contributed by atoms with E-state index in [1.165, 1.54) is 31.4 Å².